The van der Waals surface area contributed by atoms with Crippen LogP contribution in [-0.2, 0) is 4.79 Å². The normalized spacial score (nSPS) is 13.2. The molecule has 0 fully saturated rings. The predicted octanol–water partition coefficient (Wildman–Crippen LogP) is 19.2. The van der Waals surface area contributed by atoms with Crippen molar-refractivity contribution in [3.05, 3.63) is 60.8 Å². The molecule has 2 atom stereocenters. The molecule has 2 unspecified atom stereocenters. The van der Waals surface area contributed by atoms with Gasteiger partial charge in [0.1, 0.15) is 0 Å². The van der Waals surface area contributed by atoms with E-state index in [9.17, 15) is 15.0 Å². The molecule has 0 heterocycles. The first-order chi connectivity index (χ1) is 32.2. The zero-order chi connectivity index (χ0) is 47.0. The van der Waals surface area contributed by atoms with E-state index in [1.165, 1.54) is 238 Å². The third kappa shape index (κ3) is 52.9. The molecule has 0 rings (SSSR count). The smallest absolute Gasteiger partial charge is 0.220 e. The molecule has 380 valence electrons. The first-order valence-electron chi connectivity index (χ1n) is 29.0. The van der Waals surface area contributed by atoms with Crippen LogP contribution in [-0.4, -0.2) is 34.9 Å². The monoisotopic (exact) mass is 908 g/mol. The van der Waals surface area contributed by atoms with Crippen molar-refractivity contribution in [3.8, 4) is 0 Å². The summed E-state index contributed by atoms with van der Waals surface area (Å²) in [6.07, 6.45) is 79.6. The molecule has 0 radical (unpaired) electrons. The van der Waals surface area contributed by atoms with Gasteiger partial charge in [0.15, 0.2) is 0 Å². The molecule has 0 saturated carbocycles. The first-order valence-corrected chi connectivity index (χ1v) is 29.0. The van der Waals surface area contributed by atoms with E-state index >= 15 is 0 Å². The number of amides is 1. The Morgan fingerprint density at radius 1 is 0.369 bits per heavy atom. The van der Waals surface area contributed by atoms with Crippen molar-refractivity contribution in [2.24, 2.45) is 0 Å². The molecule has 0 saturated heterocycles. The van der Waals surface area contributed by atoms with E-state index in [-0.39, 0.29) is 12.5 Å². The van der Waals surface area contributed by atoms with Gasteiger partial charge in [-0.1, -0.05) is 286 Å². The van der Waals surface area contributed by atoms with Gasteiger partial charge in [-0.05, 0) is 70.6 Å². The fraction of sp³-hybridized carbons (Fsp3) is 0.820. The maximum Gasteiger partial charge on any atom is 0.220 e. The summed E-state index contributed by atoms with van der Waals surface area (Å²) in [6.45, 7) is 4.31. The fourth-order valence-corrected chi connectivity index (χ4v) is 8.79. The average Bonchev–Trinajstić information content (AvgIpc) is 3.31. The molecule has 0 aromatic carbocycles. The van der Waals surface area contributed by atoms with Crippen LogP contribution >= 0.6 is 0 Å². The first kappa shape index (κ1) is 63.1. The Hall–Kier alpha value is -1.91. The van der Waals surface area contributed by atoms with Crippen LogP contribution in [0, 0.1) is 0 Å². The summed E-state index contributed by atoms with van der Waals surface area (Å²) in [6, 6.07) is -0.645. The number of unbranched alkanes of at least 4 members (excludes halogenated alkanes) is 38. The van der Waals surface area contributed by atoms with Gasteiger partial charge in [-0.15, -0.1) is 0 Å². The molecule has 3 N–H and O–H groups in total. The zero-order valence-corrected chi connectivity index (χ0v) is 43.8. The molecule has 4 heteroatoms. The van der Waals surface area contributed by atoms with Crippen molar-refractivity contribution in [1.82, 2.24) is 5.32 Å². The Bertz CT molecular complexity index is 1070. The van der Waals surface area contributed by atoms with Gasteiger partial charge in [0.25, 0.3) is 0 Å². The van der Waals surface area contributed by atoms with Crippen molar-refractivity contribution in [2.75, 3.05) is 6.61 Å². The summed E-state index contributed by atoms with van der Waals surface area (Å²) >= 11 is 0. The minimum atomic E-state index is -0.868. The van der Waals surface area contributed by atoms with Gasteiger partial charge in [-0.2, -0.15) is 0 Å². The highest BCUT2D eigenvalue weighted by Gasteiger charge is 2.18. The van der Waals surface area contributed by atoms with Crippen molar-refractivity contribution in [3.63, 3.8) is 0 Å². The number of hydrogen-bond donors (Lipinski definition) is 3. The highest BCUT2D eigenvalue weighted by Crippen LogP contribution is 2.17. The molecule has 1 amide bonds. The quantitative estimate of drug-likeness (QED) is 0.0421. The van der Waals surface area contributed by atoms with Crippen molar-refractivity contribution >= 4 is 5.91 Å². The third-order valence-corrected chi connectivity index (χ3v) is 13.2. The van der Waals surface area contributed by atoms with E-state index < -0.39 is 12.1 Å². The maximum atomic E-state index is 12.5. The second-order valence-electron chi connectivity index (χ2n) is 19.7. The van der Waals surface area contributed by atoms with Crippen LogP contribution in [0.5, 0.6) is 0 Å². The average molecular weight is 909 g/mol. The van der Waals surface area contributed by atoms with Crippen molar-refractivity contribution in [1.29, 1.82) is 0 Å². The number of aliphatic hydroxyl groups excluding tert-OH is 2. The lowest BCUT2D eigenvalue weighted by molar-refractivity contribution is -0.123. The van der Waals surface area contributed by atoms with E-state index in [1.807, 2.05) is 6.08 Å². The summed E-state index contributed by atoms with van der Waals surface area (Å²) in [7, 11) is 0. The number of rotatable bonds is 53. The van der Waals surface area contributed by atoms with Crippen LogP contribution in [0.4, 0.5) is 0 Å². The summed E-state index contributed by atoms with van der Waals surface area (Å²) in [5, 5.41) is 23.2. The molecule has 0 aliphatic heterocycles. The van der Waals surface area contributed by atoms with E-state index in [1.54, 1.807) is 6.08 Å². The SMILES string of the molecule is CCCCCCC/C=C\C/C=C\C/C=C\CCCCCCCCCCCCC(=O)NC(CO)C(O)/C=C/CC/C=C/CCCCCCCCCCCCCCCCCCCCCCCC. The van der Waals surface area contributed by atoms with Gasteiger partial charge >= 0.3 is 0 Å². The molecule has 0 aromatic rings. The summed E-state index contributed by atoms with van der Waals surface area (Å²) in [5.41, 5.74) is 0. The molecule has 65 heavy (non-hydrogen) atoms. The molecule has 0 spiro atoms. The number of carbonyl (C=O) groups excluding carboxylic acids is 1. The zero-order valence-electron chi connectivity index (χ0n) is 43.8. The van der Waals surface area contributed by atoms with Crippen LogP contribution < -0.4 is 5.32 Å². The summed E-state index contributed by atoms with van der Waals surface area (Å²) < 4.78 is 0. The molecule has 0 bridgehead atoms. The largest absolute Gasteiger partial charge is 0.394 e. The van der Waals surface area contributed by atoms with Crippen LogP contribution in [0.15, 0.2) is 60.8 Å². The third-order valence-electron chi connectivity index (χ3n) is 13.2. The highest BCUT2D eigenvalue weighted by molar-refractivity contribution is 5.76. The Morgan fingerprint density at radius 2 is 0.646 bits per heavy atom. The van der Waals surface area contributed by atoms with Crippen LogP contribution in [0.2, 0.25) is 0 Å². The van der Waals surface area contributed by atoms with Crippen molar-refractivity contribution < 1.29 is 15.0 Å². The Kier molecular flexibility index (Phi) is 54.8. The molecule has 4 nitrogen and oxygen atoms in total. The number of allylic oxidation sites excluding steroid dienone is 9. The lowest BCUT2D eigenvalue weighted by Gasteiger charge is -2.19. The molecular weight excluding hydrogens is 795 g/mol. The van der Waals surface area contributed by atoms with Gasteiger partial charge in [0, 0.05) is 6.42 Å². The van der Waals surface area contributed by atoms with Gasteiger partial charge < -0.3 is 15.5 Å². The topological polar surface area (TPSA) is 69.6 Å². The molecule has 0 aromatic heterocycles. The Balaban J connectivity index is 3.54. The van der Waals surface area contributed by atoms with Gasteiger partial charge in [-0.25, -0.2) is 0 Å². The summed E-state index contributed by atoms with van der Waals surface area (Å²) in [5.74, 6) is -0.0762. The minimum Gasteiger partial charge on any atom is -0.394 e. The lowest BCUT2D eigenvalue weighted by Crippen LogP contribution is -2.45. The van der Waals surface area contributed by atoms with E-state index in [0.717, 1.165) is 44.9 Å². The Labute approximate surface area is 406 Å². The van der Waals surface area contributed by atoms with Gasteiger partial charge in [0.2, 0.25) is 5.91 Å². The maximum absolute atomic E-state index is 12.5. The minimum absolute atomic E-state index is 0.0762. The standard InChI is InChI=1S/C61H113NO3/c1-3-5-7-9-11-13-15-17-19-21-23-25-27-29-30-31-33-34-36-38-40-42-44-46-48-50-52-54-56-60(64)59(58-63)62-61(65)57-55-53-51-49-47-45-43-41-39-37-35-32-28-26-24-22-20-18-16-14-12-10-8-6-4-2/h16,18,22,24,28,32,46,48,54,56,59-60,63-64H,3-15,17,19-21,23,25-27,29-31,33-45,47,49-53,55,57-58H2,1-2H3,(H,62,65)/b18-16-,24-22-,32-28-,48-46+,56-54+. The van der Waals surface area contributed by atoms with Gasteiger partial charge in [-0.3, -0.25) is 4.79 Å². The molecular formula is C61H113NO3. The van der Waals surface area contributed by atoms with E-state index in [2.05, 4.69) is 67.8 Å². The number of carbonyl (C=O) groups is 1. The van der Waals surface area contributed by atoms with Crippen LogP contribution in [0.25, 0.3) is 0 Å². The van der Waals surface area contributed by atoms with Gasteiger partial charge in [0.05, 0.1) is 18.8 Å². The highest BCUT2D eigenvalue weighted by atomic mass is 16.3. The van der Waals surface area contributed by atoms with E-state index in [4.69, 9.17) is 0 Å². The second kappa shape index (κ2) is 56.4. The Morgan fingerprint density at radius 3 is 1.00 bits per heavy atom. The lowest BCUT2D eigenvalue weighted by atomic mass is 10.0. The fourth-order valence-electron chi connectivity index (χ4n) is 8.79. The van der Waals surface area contributed by atoms with Crippen LogP contribution in [0.3, 0.4) is 0 Å². The number of aliphatic hydroxyl groups is 2. The number of nitrogens with one attached hydrogen (secondary N) is 1. The number of hydrogen-bond acceptors (Lipinski definition) is 3. The molecule has 0 aliphatic rings. The van der Waals surface area contributed by atoms with Crippen LogP contribution in [0.1, 0.15) is 303 Å². The second-order valence-corrected chi connectivity index (χ2v) is 19.7. The summed E-state index contributed by atoms with van der Waals surface area (Å²) in [4.78, 5) is 12.5. The predicted molar refractivity (Wildman–Crippen MR) is 290 cm³/mol. The van der Waals surface area contributed by atoms with Crippen molar-refractivity contribution in [2.45, 2.75) is 315 Å². The molecule has 0 aliphatic carbocycles. The van der Waals surface area contributed by atoms with E-state index in [0.29, 0.717) is 6.42 Å².